The van der Waals surface area contributed by atoms with E-state index in [1.54, 1.807) is 0 Å². The number of hydrogen-bond acceptors (Lipinski definition) is 4. The number of carbonyl (C=O) groups is 1. The molecule has 1 heterocycles. The molecule has 0 amide bonds. The second-order valence-corrected chi connectivity index (χ2v) is 12.4. The Morgan fingerprint density at radius 2 is 1.75 bits per heavy atom. The summed E-state index contributed by atoms with van der Waals surface area (Å²) in [6, 6.07) is 2.46. The van der Waals surface area contributed by atoms with Crippen LogP contribution in [0.4, 0.5) is 0 Å². The van der Waals surface area contributed by atoms with Gasteiger partial charge in [0.15, 0.2) is 9.84 Å². The Balaban J connectivity index is 1.95. The first-order chi connectivity index (χ1) is 12.8. The van der Waals surface area contributed by atoms with Crippen LogP contribution in [0.25, 0.3) is 0 Å². The molecule has 0 unspecified atom stereocenters. The van der Waals surface area contributed by atoms with Crippen LogP contribution in [0.1, 0.15) is 75.7 Å². The zero-order chi connectivity index (χ0) is 20.7. The monoisotopic (exact) mass is 406 g/mol. The van der Waals surface area contributed by atoms with Gasteiger partial charge >= 0.3 is 5.97 Å². The van der Waals surface area contributed by atoms with Crippen LogP contribution in [0.15, 0.2) is 17.0 Å². The molecule has 1 aliphatic heterocycles. The summed E-state index contributed by atoms with van der Waals surface area (Å²) in [4.78, 5) is 11.4. The van der Waals surface area contributed by atoms with Gasteiger partial charge in [-0.05, 0) is 60.5 Å². The SMILES string of the molecule is CC1(C)CCC[C@]2(C)[C@H]3CS(=O)(=O)c4cc(C(=O)O)cc(O)c4[C@]3(C)CC[C@@H]12. The molecule has 0 spiro atoms. The van der Waals surface area contributed by atoms with Crippen LogP contribution in [0.2, 0.25) is 0 Å². The summed E-state index contributed by atoms with van der Waals surface area (Å²) >= 11 is 0. The van der Waals surface area contributed by atoms with Gasteiger partial charge in [-0.3, -0.25) is 0 Å². The molecule has 0 radical (unpaired) electrons. The largest absolute Gasteiger partial charge is 0.508 e. The van der Waals surface area contributed by atoms with Crippen molar-refractivity contribution < 1.29 is 23.4 Å². The molecular formula is C22H30O5S. The summed E-state index contributed by atoms with van der Waals surface area (Å²) in [5.41, 5.74) is -0.150. The summed E-state index contributed by atoms with van der Waals surface area (Å²) in [5.74, 6) is -1.03. The minimum absolute atomic E-state index is 0.0146. The first-order valence-electron chi connectivity index (χ1n) is 10.2. The fraction of sp³-hybridized carbons (Fsp3) is 0.682. The third-order valence-electron chi connectivity index (χ3n) is 8.41. The number of rotatable bonds is 1. The molecule has 0 aromatic heterocycles. The Hall–Kier alpha value is -1.56. The Labute approximate surface area is 167 Å². The number of aromatic carboxylic acids is 1. The molecule has 1 aromatic rings. The van der Waals surface area contributed by atoms with Gasteiger partial charge in [0.2, 0.25) is 0 Å². The Bertz CT molecular complexity index is 963. The molecule has 6 heteroatoms. The van der Waals surface area contributed by atoms with Crippen molar-refractivity contribution in [3.63, 3.8) is 0 Å². The van der Waals surface area contributed by atoms with E-state index in [1.807, 2.05) is 0 Å². The van der Waals surface area contributed by atoms with E-state index in [0.29, 0.717) is 11.5 Å². The molecule has 4 atom stereocenters. The molecule has 0 bridgehead atoms. The van der Waals surface area contributed by atoms with Crippen molar-refractivity contribution in [1.29, 1.82) is 0 Å². The summed E-state index contributed by atoms with van der Waals surface area (Å²) in [6.07, 6.45) is 5.05. The average Bonchev–Trinajstić information content (AvgIpc) is 2.56. The molecule has 2 fully saturated rings. The van der Waals surface area contributed by atoms with E-state index in [1.165, 1.54) is 12.1 Å². The lowest BCUT2D eigenvalue weighted by molar-refractivity contribution is -0.0984. The van der Waals surface area contributed by atoms with Crippen LogP contribution in [-0.4, -0.2) is 30.4 Å². The second-order valence-electron chi connectivity index (χ2n) is 10.4. The minimum Gasteiger partial charge on any atom is -0.508 e. The fourth-order valence-electron chi connectivity index (χ4n) is 7.18. The van der Waals surface area contributed by atoms with Gasteiger partial charge < -0.3 is 10.2 Å². The van der Waals surface area contributed by atoms with Crippen LogP contribution >= 0.6 is 0 Å². The van der Waals surface area contributed by atoms with Crippen molar-refractivity contribution in [2.75, 3.05) is 5.75 Å². The number of carboxylic acid groups (broad SMARTS) is 1. The number of phenolic OH excluding ortho intramolecular Hbond substituents is 1. The van der Waals surface area contributed by atoms with Gasteiger partial charge in [0.1, 0.15) is 5.75 Å². The van der Waals surface area contributed by atoms with E-state index < -0.39 is 21.2 Å². The zero-order valence-electron chi connectivity index (χ0n) is 17.1. The van der Waals surface area contributed by atoms with Gasteiger partial charge in [-0.25, -0.2) is 13.2 Å². The van der Waals surface area contributed by atoms with Crippen molar-refractivity contribution in [2.24, 2.45) is 22.7 Å². The Morgan fingerprint density at radius 1 is 1.07 bits per heavy atom. The highest BCUT2D eigenvalue weighted by Crippen LogP contribution is 2.67. The maximum absolute atomic E-state index is 13.3. The lowest BCUT2D eigenvalue weighted by Gasteiger charge is -2.63. The predicted molar refractivity (Wildman–Crippen MR) is 106 cm³/mol. The molecule has 28 heavy (non-hydrogen) atoms. The number of benzene rings is 1. The van der Waals surface area contributed by atoms with E-state index in [4.69, 9.17) is 0 Å². The normalized spacial score (nSPS) is 38.0. The molecule has 3 aliphatic rings. The molecule has 0 saturated heterocycles. The lowest BCUT2D eigenvalue weighted by atomic mass is 9.43. The van der Waals surface area contributed by atoms with Gasteiger partial charge in [-0.1, -0.05) is 34.1 Å². The average molecular weight is 407 g/mol. The van der Waals surface area contributed by atoms with E-state index >= 15 is 0 Å². The standard InChI is InChI=1S/C22H30O5S/c1-20(2)7-5-8-21(3)16(20)6-9-22(4)17(21)12-28(26,27)15-11-13(19(24)25)10-14(23)18(15)22/h10-11,16-17,23H,5-9,12H2,1-4H3,(H,24,25)/t16-,17+,21-,22+/m0/s1. The Morgan fingerprint density at radius 3 is 2.39 bits per heavy atom. The number of aromatic hydroxyl groups is 1. The van der Waals surface area contributed by atoms with E-state index in [-0.39, 0.29) is 38.7 Å². The van der Waals surface area contributed by atoms with Gasteiger partial charge in [-0.15, -0.1) is 0 Å². The van der Waals surface area contributed by atoms with E-state index in [2.05, 4.69) is 27.7 Å². The van der Waals surface area contributed by atoms with Crippen molar-refractivity contribution in [2.45, 2.75) is 70.1 Å². The maximum Gasteiger partial charge on any atom is 0.335 e. The summed E-state index contributed by atoms with van der Waals surface area (Å²) in [7, 11) is -3.68. The maximum atomic E-state index is 13.3. The van der Waals surface area contributed by atoms with Crippen LogP contribution in [-0.2, 0) is 15.3 Å². The summed E-state index contributed by atoms with van der Waals surface area (Å²) < 4.78 is 26.5. The topological polar surface area (TPSA) is 91.7 Å². The second kappa shape index (κ2) is 5.74. The molecule has 1 aromatic carbocycles. The molecule has 2 N–H and O–H groups in total. The quantitative estimate of drug-likeness (QED) is 0.722. The van der Waals surface area contributed by atoms with Gasteiger partial charge in [0.25, 0.3) is 0 Å². The number of carboxylic acids is 1. The summed E-state index contributed by atoms with van der Waals surface area (Å²) in [5, 5.41) is 20.1. The number of fused-ring (bicyclic) bond motifs is 5. The summed E-state index contributed by atoms with van der Waals surface area (Å²) in [6.45, 7) is 8.94. The minimum atomic E-state index is -3.68. The number of hydrogen-bond donors (Lipinski definition) is 2. The molecular weight excluding hydrogens is 376 g/mol. The number of sulfone groups is 1. The predicted octanol–water partition coefficient (Wildman–Crippen LogP) is 4.38. The highest BCUT2D eigenvalue weighted by atomic mass is 32.2. The molecule has 5 nitrogen and oxygen atoms in total. The van der Waals surface area contributed by atoms with Gasteiger partial charge in [0, 0.05) is 11.0 Å². The van der Waals surface area contributed by atoms with E-state index in [9.17, 15) is 23.4 Å². The van der Waals surface area contributed by atoms with Crippen LogP contribution in [0.3, 0.4) is 0 Å². The molecule has 154 valence electrons. The van der Waals surface area contributed by atoms with Crippen molar-refractivity contribution in [3.05, 3.63) is 23.3 Å². The van der Waals surface area contributed by atoms with Crippen molar-refractivity contribution in [3.8, 4) is 5.75 Å². The van der Waals surface area contributed by atoms with Gasteiger partial charge in [-0.2, -0.15) is 0 Å². The molecule has 2 saturated carbocycles. The first kappa shape index (κ1) is 19.7. The number of phenols is 1. The fourth-order valence-corrected chi connectivity index (χ4v) is 9.50. The van der Waals surface area contributed by atoms with Crippen LogP contribution < -0.4 is 0 Å². The van der Waals surface area contributed by atoms with Crippen molar-refractivity contribution in [1.82, 2.24) is 0 Å². The molecule has 2 aliphatic carbocycles. The van der Waals surface area contributed by atoms with Crippen LogP contribution in [0.5, 0.6) is 5.75 Å². The van der Waals surface area contributed by atoms with E-state index in [0.717, 1.165) is 32.1 Å². The third-order valence-corrected chi connectivity index (χ3v) is 10.2. The smallest absolute Gasteiger partial charge is 0.335 e. The van der Waals surface area contributed by atoms with Crippen LogP contribution in [0, 0.1) is 22.7 Å². The Kier molecular flexibility index (Phi) is 4.05. The van der Waals surface area contributed by atoms with Gasteiger partial charge in [0.05, 0.1) is 16.2 Å². The molecule has 4 rings (SSSR count). The zero-order valence-corrected chi connectivity index (χ0v) is 17.9. The highest BCUT2D eigenvalue weighted by Gasteiger charge is 2.62. The third kappa shape index (κ3) is 2.49. The van der Waals surface area contributed by atoms with Crippen molar-refractivity contribution >= 4 is 15.8 Å². The highest BCUT2D eigenvalue weighted by molar-refractivity contribution is 7.91. The lowest BCUT2D eigenvalue weighted by Crippen LogP contribution is -2.59. The first-order valence-corrected chi connectivity index (χ1v) is 11.8.